The number of hydrogen-bond acceptors (Lipinski definition) is 3. The van der Waals surface area contributed by atoms with Crippen LogP contribution in [0.15, 0.2) is 33.8 Å². The molecule has 22 heavy (non-hydrogen) atoms. The third-order valence-electron chi connectivity index (χ3n) is 3.76. The normalized spacial score (nSPS) is 15.0. The summed E-state index contributed by atoms with van der Waals surface area (Å²) in [4.78, 5) is 0.0591. The summed E-state index contributed by atoms with van der Waals surface area (Å²) in [5, 5.41) is 4.20. The zero-order valence-electron chi connectivity index (χ0n) is 12.0. The van der Waals surface area contributed by atoms with E-state index in [0.29, 0.717) is 18.8 Å². The first-order chi connectivity index (χ1) is 10.5. The van der Waals surface area contributed by atoms with Crippen LogP contribution in [0, 0.1) is 0 Å². The molecular weight excluding hydrogens is 390 g/mol. The van der Waals surface area contributed by atoms with E-state index in [2.05, 4.69) is 21.0 Å². The van der Waals surface area contributed by atoms with Crippen molar-refractivity contribution in [1.82, 2.24) is 9.78 Å². The van der Waals surface area contributed by atoms with Gasteiger partial charge in [-0.25, -0.2) is 8.42 Å². The number of anilines is 1. The molecule has 0 fully saturated rings. The number of nitrogens with zero attached hydrogens (tertiary/aromatic N) is 3. The number of hydrogen-bond donors (Lipinski definition) is 0. The second-order valence-electron chi connectivity index (χ2n) is 5.03. The van der Waals surface area contributed by atoms with Crippen LogP contribution in [-0.4, -0.2) is 24.7 Å². The maximum Gasteiger partial charge on any atom is 0.269 e. The SMILES string of the molecule is CCn1ncc(S(=O)(=O)N2CCCc3c(Br)cccc32)c1Cl. The van der Waals surface area contributed by atoms with Gasteiger partial charge >= 0.3 is 0 Å². The van der Waals surface area contributed by atoms with Gasteiger partial charge in [-0.15, -0.1) is 0 Å². The summed E-state index contributed by atoms with van der Waals surface area (Å²) in [6, 6.07) is 5.60. The first-order valence-electron chi connectivity index (χ1n) is 6.98. The Labute approximate surface area is 143 Å². The molecule has 8 heteroatoms. The average Bonchev–Trinajstić information content (AvgIpc) is 2.88. The Morgan fingerprint density at radius 1 is 1.41 bits per heavy atom. The molecule has 0 radical (unpaired) electrons. The van der Waals surface area contributed by atoms with E-state index >= 15 is 0 Å². The van der Waals surface area contributed by atoms with Crippen molar-refractivity contribution in [3.63, 3.8) is 0 Å². The van der Waals surface area contributed by atoms with Gasteiger partial charge in [-0.3, -0.25) is 8.99 Å². The van der Waals surface area contributed by atoms with Crippen LogP contribution >= 0.6 is 27.5 Å². The Morgan fingerprint density at radius 3 is 2.86 bits per heavy atom. The zero-order chi connectivity index (χ0) is 15.9. The van der Waals surface area contributed by atoms with Crippen molar-refractivity contribution in [3.8, 4) is 0 Å². The monoisotopic (exact) mass is 403 g/mol. The number of benzene rings is 1. The Kier molecular flexibility index (Phi) is 4.22. The minimum Gasteiger partial charge on any atom is -0.266 e. The zero-order valence-corrected chi connectivity index (χ0v) is 15.1. The van der Waals surface area contributed by atoms with Crippen LogP contribution in [0.2, 0.25) is 5.15 Å². The summed E-state index contributed by atoms with van der Waals surface area (Å²) in [6.07, 6.45) is 2.95. The number of sulfonamides is 1. The summed E-state index contributed by atoms with van der Waals surface area (Å²) in [5.41, 5.74) is 1.72. The molecule has 0 amide bonds. The maximum absolute atomic E-state index is 13.0. The van der Waals surface area contributed by atoms with Crippen LogP contribution in [0.5, 0.6) is 0 Å². The molecule has 0 bridgehead atoms. The third kappa shape index (κ3) is 2.45. The Bertz CT molecular complexity index is 819. The van der Waals surface area contributed by atoms with Crippen LogP contribution < -0.4 is 4.31 Å². The van der Waals surface area contributed by atoms with Gasteiger partial charge in [0.25, 0.3) is 10.0 Å². The van der Waals surface area contributed by atoms with Crippen molar-refractivity contribution in [1.29, 1.82) is 0 Å². The lowest BCUT2D eigenvalue weighted by Gasteiger charge is -2.30. The topological polar surface area (TPSA) is 55.2 Å². The van der Waals surface area contributed by atoms with Gasteiger partial charge in [0.15, 0.2) is 0 Å². The molecule has 3 rings (SSSR count). The van der Waals surface area contributed by atoms with Crippen molar-refractivity contribution in [2.24, 2.45) is 0 Å². The maximum atomic E-state index is 13.0. The Morgan fingerprint density at radius 2 is 2.18 bits per heavy atom. The number of halogens is 2. The molecule has 0 unspecified atom stereocenters. The highest BCUT2D eigenvalue weighted by Gasteiger charge is 2.33. The van der Waals surface area contributed by atoms with Gasteiger partial charge in [0.05, 0.1) is 11.9 Å². The Hall–Kier alpha value is -1.05. The lowest BCUT2D eigenvalue weighted by Crippen LogP contribution is -2.35. The molecule has 0 aliphatic carbocycles. The van der Waals surface area contributed by atoms with Gasteiger partial charge in [-0.05, 0) is 37.5 Å². The number of fused-ring (bicyclic) bond motifs is 1. The molecule has 2 heterocycles. The molecule has 0 spiro atoms. The summed E-state index contributed by atoms with van der Waals surface area (Å²) in [6.45, 7) is 2.83. The van der Waals surface area contributed by atoms with Crippen LogP contribution in [0.3, 0.4) is 0 Å². The lowest BCUT2D eigenvalue weighted by atomic mass is 10.0. The molecule has 1 aliphatic rings. The molecule has 1 aromatic carbocycles. The predicted octanol–water partition coefficient (Wildman–Crippen LogP) is 3.46. The highest BCUT2D eigenvalue weighted by atomic mass is 79.9. The molecular formula is C14H15BrClN3O2S. The second-order valence-corrected chi connectivity index (χ2v) is 8.08. The smallest absolute Gasteiger partial charge is 0.266 e. The van der Waals surface area contributed by atoms with Crippen molar-refractivity contribution < 1.29 is 8.42 Å². The summed E-state index contributed by atoms with van der Waals surface area (Å²) in [7, 11) is -3.71. The molecule has 1 aliphatic heterocycles. The lowest BCUT2D eigenvalue weighted by molar-refractivity contribution is 0.586. The standard InChI is InChI=1S/C14H15BrClN3O2S/c1-2-18-14(16)13(9-17-18)22(20,21)19-8-4-5-10-11(15)6-3-7-12(10)19/h3,6-7,9H,2,4-5,8H2,1H3. The van der Waals surface area contributed by atoms with E-state index < -0.39 is 10.0 Å². The van der Waals surface area contributed by atoms with Gasteiger partial charge in [-0.1, -0.05) is 33.6 Å². The van der Waals surface area contributed by atoms with E-state index in [0.717, 1.165) is 22.9 Å². The molecule has 1 aromatic heterocycles. The minimum atomic E-state index is -3.71. The van der Waals surface area contributed by atoms with Crippen molar-refractivity contribution in [2.45, 2.75) is 31.2 Å². The van der Waals surface area contributed by atoms with Crippen LogP contribution in [0.1, 0.15) is 18.9 Å². The number of aromatic nitrogens is 2. The highest BCUT2D eigenvalue weighted by Crippen LogP contribution is 2.37. The van der Waals surface area contributed by atoms with Crippen LogP contribution in [0.4, 0.5) is 5.69 Å². The molecule has 0 saturated carbocycles. The van der Waals surface area contributed by atoms with Crippen LogP contribution in [-0.2, 0) is 23.0 Å². The first kappa shape index (κ1) is 15.8. The van der Waals surface area contributed by atoms with Gasteiger partial charge in [0, 0.05) is 17.6 Å². The fraction of sp³-hybridized carbons (Fsp3) is 0.357. The van der Waals surface area contributed by atoms with Crippen molar-refractivity contribution in [3.05, 3.63) is 39.6 Å². The summed E-state index contributed by atoms with van der Waals surface area (Å²) in [5.74, 6) is 0. The molecule has 0 N–H and O–H groups in total. The summed E-state index contributed by atoms with van der Waals surface area (Å²) < 4.78 is 29.8. The molecule has 0 saturated heterocycles. The highest BCUT2D eigenvalue weighted by molar-refractivity contribution is 9.10. The van der Waals surface area contributed by atoms with Crippen molar-refractivity contribution in [2.75, 3.05) is 10.8 Å². The first-order valence-corrected chi connectivity index (χ1v) is 9.59. The molecule has 2 aromatic rings. The van der Waals surface area contributed by atoms with Crippen molar-refractivity contribution >= 4 is 43.2 Å². The molecule has 118 valence electrons. The van der Waals surface area contributed by atoms with E-state index in [1.165, 1.54) is 15.2 Å². The van der Waals surface area contributed by atoms with E-state index in [-0.39, 0.29) is 10.0 Å². The van der Waals surface area contributed by atoms with Gasteiger partial charge in [-0.2, -0.15) is 5.10 Å². The fourth-order valence-electron chi connectivity index (χ4n) is 2.66. The Balaban J connectivity index is 2.12. The average molecular weight is 405 g/mol. The third-order valence-corrected chi connectivity index (χ3v) is 6.83. The fourth-order valence-corrected chi connectivity index (χ4v) is 5.26. The predicted molar refractivity (Wildman–Crippen MR) is 89.9 cm³/mol. The summed E-state index contributed by atoms with van der Waals surface area (Å²) >= 11 is 9.67. The second kappa shape index (κ2) is 5.86. The van der Waals surface area contributed by atoms with E-state index in [1.807, 2.05) is 25.1 Å². The van der Waals surface area contributed by atoms with Gasteiger partial charge in [0.2, 0.25) is 0 Å². The largest absolute Gasteiger partial charge is 0.269 e. The van der Waals surface area contributed by atoms with Gasteiger partial charge < -0.3 is 0 Å². The van der Waals surface area contributed by atoms with E-state index in [1.54, 1.807) is 0 Å². The van der Waals surface area contributed by atoms with E-state index in [9.17, 15) is 8.42 Å². The number of aryl methyl sites for hydroxylation is 1. The number of rotatable bonds is 3. The molecule has 0 atom stereocenters. The minimum absolute atomic E-state index is 0.0591. The van der Waals surface area contributed by atoms with E-state index in [4.69, 9.17) is 11.6 Å². The quantitative estimate of drug-likeness (QED) is 0.787. The van der Waals surface area contributed by atoms with Gasteiger partial charge in [0.1, 0.15) is 10.0 Å². The molecule has 5 nitrogen and oxygen atoms in total. The van der Waals surface area contributed by atoms with Crippen LogP contribution in [0.25, 0.3) is 0 Å².